The molecule has 0 unspecified atom stereocenters. The summed E-state index contributed by atoms with van der Waals surface area (Å²) >= 11 is 0. The summed E-state index contributed by atoms with van der Waals surface area (Å²) in [7, 11) is 0. The smallest absolute Gasteiger partial charge is 0.0205 e. The van der Waals surface area contributed by atoms with Crippen molar-refractivity contribution >= 4 is 0 Å². The molecule has 0 rings (SSSR count). The number of nitrogens with one attached hydrogen (secondary N) is 1. The molecule has 3 N–H and O–H groups in total. The molecule has 0 aliphatic rings. The van der Waals surface area contributed by atoms with E-state index in [1.807, 2.05) is 0 Å². The van der Waals surface area contributed by atoms with Gasteiger partial charge in [-0.05, 0) is 12.8 Å². The molecule has 0 aromatic carbocycles. The SMILES string of the molecule is CC(C)[C@H](C)NN. The van der Waals surface area contributed by atoms with Crippen LogP contribution in [0.15, 0.2) is 0 Å². The third-order valence-electron chi connectivity index (χ3n) is 1.26. The number of rotatable bonds is 2. The quantitative estimate of drug-likeness (QED) is 0.393. The summed E-state index contributed by atoms with van der Waals surface area (Å²) in [5.41, 5.74) is 2.66. The lowest BCUT2D eigenvalue weighted by atomic mass is 10.1. The second kappa shape index (κ2) is 2.99. The molecule has 0 amide bonds. The Morgan fingerprint density at radius 2 is 1.71 bits per heavy atom. The van der Waals surface area contributed by atoms with Gasteiger partial charge in [-0.1, -0.05) is 13.8 Å². The zero-order valence-electron chi connectivity index (χ0n) is 5.23. The van der Waals surface area contributed by atoms with Gasteiger partial charge in [-0.25, -0.2) is 0 Å². The van der Waals surface area contributed by atoms with Crippen LogP contribution in [-0.4, -0.2) is 6.04 Å². The predicted octanol–water partition coefficient (Wildman–Crippen LogP) is 0.494. The molecule has 0 aromatic heterocycles. The molecule has 0 spiro atoms. The van der Waals surface area contributed by atoms with Crippen LogP contribution in [0.5, 0.6) is 0 Å². The second-order valence-corrected chi connectivity index (χ2v) is 2.20. The molecular formula is C5H14N2. The van der Waals surface area contributed by atoms with E-state index in [9.17, 15) is 0 Å². The van der Waals surface area contributed by atoms with Gasteiger partial charge in [0.2, 0.25) is 0 Å². The fourth-order valence-electron chi connectivity index (χ4n) is 0.192. The Labute approximate surface area is 45.1 Å². The Kier molecular flexibility index (Phi) is 2.96. The van der Waals surface area contributed by atoms with E-state index in [1.165, 1.54) is 0 Å². The molecule has 0 aliphatic heterocycles. The lowest BCUT2D eigenvalue weighted by Crippen LogP contribution is -2.36. The van der Waals surface area contributed by atoms with Gasteiger partial charge in [0.05, 0.1) is 0 Å². The molecule has 7 heavy (non-hydrogen) atoms. The molecule has 0 saturated heterocycles. The van der Waals surface area contributed by atoms with E-state index >= 15 is 0 Å². The Morgan fingerprint density at radius 3 is 1.71 bits per heavy atom. The molecule has 0 aromatic rings. The van der Waals surface area contributed by atoms with Crippen molar-refractivity contribution in [1.82, 2.24) is 5.43 Å². The van der Waals surface area contributed by atoms with Gasteiger partial charge in [0.25, 0.3) is 0 Å². The topological polar surface area (TPSA) is 38.0 Å². The molecule has 2 heteroatoms. The Bertz CT molecular complexity index is 43.3. The molecule has 0 saturated carbocycles. The number of nitrogens with two attached hydrogens (primary N) is 1. The van der Waals surface area contributed by atoms with Gasteiger partial charge in [0.1, 0.15) is 0 Å². The van der Waals surface area contributed by atoms with Crippen LogP contribution in [0.25, 0.3) is 0 Å². The van der Waals surface area contributed by atoms with E-state index in [0.717, 1.165) is 0 Å². The van der Waals surface area contributed by atoms with Gasteiger partial charge in [0, 0.05) is 6.04 Å². The fraction of sp³-hybridized carbons (Fsp3) is 1.00. The van der Waals surface area contributed by atoms with Crippen LogP contribution in [0, 0.1) is 5.92 Å². The van der Waals surface area contributed by atoms with Gasteiger partial charge < -0.3 is 0 Å². The van der Waals surface area contributed by atoms with Gasteiger partial charge in [-0.15, -0.1) is 0 Å². The molecular weight excluding hydrogens is 88.1 g/mol. The maximum absolute atomic E-state index is 5.12. The van der Waals surface area contributed by atoms with E-state index in [-0.39, 0.29) is 0 Å². The lowest BCUT2D eigenvalue weighted by Gasteiger charge is -2.12. The van der Waals surface area contributed by atoms with Crippen LogP contribution < -0.4 is 11.3 Å². The van der Waals surface area contributed by atoms with Crippen molar-refractivity contribution in [3.05, 3.63) is 0 Å². The third kappa shape index (κ3) is 2.60. The number of hydrogen-bond donors (Lipinski definition) is 2. The molecule has 0 aliphatic carbocycles. The molecule has 44 valence electrons. The Morgan fingerprint density at radius 1 is 1.29 bits per heavy atom. The van der Waals surface area contributed by atoms with Crippen LogP contribution in [0.1, 0.15) is 20.8 Å². The van der Waals surface area contributed by atoms with Crippen LogP contribution in [0.4, 0.5) is 0 Å². The first-order valence-electron chi connectivity index (χ1n) is 2.64. The van der Waals surface area contributed by atoms with Crippen molar-refractivity contribution in [2.45, 2.75) is 26.8 Å². The van der Waals surface area contributed by atoms with E-state index in [1.54, 1.807) is 0 Å². The summed E-state index contributed by atoms with van der Waals surface area (Å²) in [4.78, 5) is 0. The van der Waals surface area contributed by atoms with Crippen LogP contribution in [-0.2, 0) is 0 Å². The Hall–Kier alpha value is -0.0800. The highest BCUT2D eigenvalue weighted by Gasteiger charge is 2.00. The normalized spacial score (nSPS) is 15.0. The summed E-state index contributed by atoms with van der Waals surface area (Å²) < 4.78 is 0. The van der Waals surface area contributed by atoms with Gasteiger partial charge in [0.15, 0.2) is 0 Å². The first kappa shape index (κ1) is 6.92. The van der Waals surface area contributed by atoms with Crippen molar-refractivity contribution in [3.63, 3.8) is 0 Å². The summed E-state index contributed by atoms with van der Waals surface area (Å²) in [6, 6.07) is 0.431. The summed E-state index contributed by atoms with van der Waals surface area (Å²) in [5, 5.41) is 0. The first-order valence-corrected chi connectivity index (χ1v) is 2.64. The van der Waals surface area contributed by atoms with Crippen molar-refractivity contribution in [1.29, 1.82) is 0 Å². The van der Waals surface area contributed by atoms with Crippen molar-refractivity contribution in [2.75, 3.05) is 0 Å². The van der Waals surface area contributed by atoms with Gasteiger partial charge in [-0.3, -0.25) is 11.3 Å². The minimum absolute atomic E-state index is 0.431. The third-order valence-corrected chi connectivity index (χ3v) is 1.26. The number of hydrogen-bond acceptors (Lipinski definition) is 2. The average Bonchev–Trinajstić information content (AvgIpc) is 1.65. The van der Waals surface area contributed by atoms with E-state index in [4.69, 9.17) is 5.84 Å². The highest BCUT2D eigenvalue weighted by Crippen LogP contribution is 1.96. The zero-order valence-corrected chi connectivity index (χ0v) is 5.23. The fourth-order valence-corrected chi connectivity index (χ4v) is 0.192. The molecule has 0 bridgehead atoms. The van der Waals surface area contributed by atoms with Crippen LogP contribution in [0.2, 0.25) is 0 Å². The molecule has 0 fully saturated rings. The standard InChI is InChI=1S/C5H14N2/c1-4(2)5(3)7-6/h4-5,7H,6H2,1-3H3/t5-/m0/s1. The molecule has 2 nitrogen and oxygen atoms in total. The predicted molar refractivity (Wildman–Crippen MR) is 31.6 cm³/mol. The zero-order chi connectivity index (χ0) is 5.86. The minimum Gasteiger partial charge on any atom is -0.271 e. The van der Waals surface area contributed by atoms with Crippen molar-refractivity contribution in [2.24, 2.45) is 11.8 Å². The monoisotopic (exact) mass is 102 g/mol. The van der Waals surface area contributed by atoms with Gasteiger partial charge in [-0.2, -0.15) is 0 Å². The number of hydrazine groups is 1. The van der Waals surface area contributed by atoms with Crippen molar-refractivity contribution < 1.29 is 0 Å². The minimum atomic E-state index is 0.431. The van der Waals surface area contributed by atoms with E-state index < -0.39 is 0 Å². The van der Waals surface area contributed by atoms with Crippen LogP contribution >= 0.6 is 0 Å². The summed E-state index contributed by atoms with van der Waals surface area (Å²) in [6.45, 7) is 6.32. The Balaban J connectivity index is 3.14. The van der Waals surface area contributed by atoms with E-state index in [2.05, 4.69) is 26.2 Å². The first-order chi connectivity index (χ1) is 3.18. The summed E-state index contributed by atoms with van der Waals surface area (Å²) in [5.74, 6) is 5.75. The molecule has 0 heterocycles. The average molecular weight is 102 g/mol. The lowest BCUT2D eigenvalue weighted by molar-refractivity contribution is 0.437. The summed E-state index contributed by atoms with van der Waals surface area (Å²) in [6.07, 6.45) is 0. The molecule has 0 radical (unpaired) electrons. The second-order valence-electron chi connectivity index (χ2n) is 2.20. The van der Waals surface area contributed by atoms with Crippen LogP contribution in [0.3, 0.4) is 0 Å². The van der Waals surface area contributed by atoms with Crippen molar-refractivity contribution in [3.8, 4) is 0 Å². The molecule has 1 atom stereocenters. The maximum Gasteiger partial charge on any atom is 0.0205 e. The van der Waals surface area contributed by atoms with E-state index in [0.29, 0.717) is 12.0 Å². The van der Waals surface area contributed by atoms with Gasteiger partial charge >= 0.3 is 0 Å². The maximum atomic E-state index is 5.12. The largest absolute Gasteiger partial charge is 0.271 e. The highest BCUT2D eigenvalue weighted by atomic mass is 15.2. The highest BCUT2D eigenvalue weighted by molar-refractivity contribution is 4.58.